The molecule has 1 saturated heterocycles. The van der Waals surface area contributed by atoms with Gasteiger partial charge < -0.3 is 24.2 Å². The van der Waals surface area contributed by atoms with E-state index in [9.17, 15) is 10.1 Å². The van der Waals surface area contributed by atoms with Gasteiger partial charge in [-0.3, -0.25) is 0 Å². The summed E-state index contributed by atoms with van der Waals surface area (Å²) in [6.07, 6.45) is 4.75. The fraction of sp³-hybridized carbons (Fsp3) is 0.515. The van der Waals surface area contributed by atoms with Crippen molar-refractivity contribution in [3.05, 3.63) is 53.1 Å². The lowest BCUT2D eigenvalue weighted by Crippen LogP contribution is -2.47. The van der Waals surface area contributed by atoms with Crippen LogP contribution in [0.3, 0.4) is 0 Å². The van der Waals surface area contributed by atoms with Gasteiger partial charge in [-0.25, -0.2) is 4.79 Å². The maximum Gasteiger partial charge on any atom is 0.408 e. The van der Waals surface area contributed by atoms with Crippen LogP contribution in [-0.4, -0.2) is 58.0 Å². The average molecular weight is 570 g/mol. The van der Waals surface area contributed by atoms with Crippen LogP contribution in [0.1, 0.15) is 77.0 Å². The van der Waals surface area contributed by atoms with Gasteiger partial charge in [0.1, 0.15) is 17.4 Å². The van der Waals surface area contributed by atoms with Crippen molar-refractivity contribution in [2.24, 2.45) is 0 Å². The summed E-state index contributed by atoms with van der Waals surface area (Å²) in [5, 5.41) is 17.1. The van der Waals surface area contributed by atoms with Crippen molar-refractivity contribution < 1.29 is 18.8 Å². The molecule has 2 heterocycles. The van der Waals surface area contributed by atoms with Crippen molar-refractivity contribution in [1.29, 1.82) is 5.26 Å². The summed E-state index contributed by atoms with van der Waals surface area (Å²) in [6, 6.07) is 14.0. The van der Waals surface area contributed by atoms with Gasteiger partial charge in [-0.2, -0.15) is 10.2 Å². The number of amides is 1. The molecule has 2 aromatic carbocycles. The molecule has 1 aliphatic heterocycles. The van der Waals surface area contributed by atoms with Crippen molar-refractivity contribution in [2.75, 3.05) is 19.6 Å². The standard InChI is InChI=1S/C33H39N5O4/c1-21(2)40-27-10-9-22(17-23(27)18-34)29-35-28(37-42-29)25-7-6-8-26-24(25)11-12-32(26)15-16-38(19-32)20-33(13-14-33)36-30(39)41-31(3,4)5/h6-10,17,21H,11-16,19-20H2,1-5H3,(H,36,39). The third-order valence-electron chi connectivity index (χ3n) is 8.56. The SMILES string of the molecule is CC(C)Oc1ccc(-c2nc(-c3cccc4c3CCC43CCN(CC4(NC(=O)OC(C)(C)C)CC4)C3)no2)cc1C#N. The topological polar surface area (TPSA) is 114 Å². The second kappa shape index (κ2) is 10.4. The largest absolute Gasteiger partial charge is 0.490 e. The molecular weight excluding hydrogens is 530 g/mol. The van der Waals surface area contributed by atoms with E-state index in [0.717, 1.165) is 57.3 Å². The number of benzene rings is 2. The zero-order valence-corrected chi connectivity index (χ0v) is 25.1. The van der Waals surface area contributed by atoms with Crippen molar-refractivity contribution in [3.8, 4) is 34.7 Å². The fourth-order valence-corrected chi connectivity index (χ4v) is 6.56. The molecule has 0 radical (unpaired) electrons. The normalized spacial score (nSPS) is 20.9. The Balaban J connectivity index is 1.18. The number of ether oxygens (including phenoxy) is 2. The fourth-order valence-electron chi connectivity index (χ4n) is 6.56. The van der Waals surface area contributed by atoms with Crippen LogP contribution in [0.25, 0.3) is 22.8 Å². The molecular formula is C33H39N5O4. The number of nitrogens with zero attached hydrogens (tertiary/aromatic N) is 4. The maximum atomic E-state index is 12.5. The molecule has 1 saturated carbocycles. The number of hydrogen-bond donors (Lipinski definition) is 1. The first-order valence-electron chi connectivity index (χ1n) is 14.9. The van der Waals surface area contributed by atoms with Crippen LogP contribution >= 0.6 is 0 Å². The molecule has 220 valence electrons. The van der Waals surface area contributed by atoms with Gasteiger partial charge in [0, 0.05) is 29.6 Å². The minimum absolute atomic E-state index is 0.0305. The highest BCUT2D eigenvalue weighted by Gasteiger charge is 2.50. The Morgan fingerprint density at radius 2 is 2.00 bits per heavy atom. The Labute approximate surface area is 247 Å². The average Bonchev–Trinajstić information content (AvgIpc) is 3.26. The van der Waals surface area contributed by atoms with Crippen LogP contribution in [0.5, 0.6) is 5.75 Å². The van der Waals surface area contributed by atoms with Gasteiger partial charge in [0.2, 0.25) is 5.82 Å². The van der Waals surface area contributed by atoms with E-state index in [-0.39, 0.29) is 23.2 Å². The van der Waals surface area contributed by atoms with E-state index in [1.54, 1.807) is 12.1 Å². The molecule has 2 fully saturated rings. The van der Waals surface area contributed by atoms with Crippen LogP contribution in [0, 0.1) is 11.3 Å². The monoisotopic (exact) mass is 569 g/mol. The lowest BCUT2D eigenvalue weighted by atomic mass is 9.81. The van der Waals surface area contributed by atoms with E-state index < -0.39 is 5.60 Å². The Bertz CT molecular complexity index is 1540. The van der Waals surface area contributed by atoms with Crippen LogP contribution in [0.4, 0.5) is 4.79 Å². The third kappa shape index (κ3) is 5.60. The first-order chi connectivity index (χ1) is 20.0. The molecule has 1 aromatic heterocycles. The quantitative estimate of drug-likeness (QED) is 0.368. The number of fused-ring (bicyclic) bond motifs is 2. The summed E-state index contributed by atoms with van der Waals surface area (Å²) in [6.45, 7) is 12.4. The minimum atomic E-state index is -0.505. The molecule has 6 rings (SSSR count). The van der Waals surface area contributed by atoms with Gasteiger partial charge in [-0.05, 0) is 103 Å². The van der Waals surface area contributed by atoms with Crippen molar-refractivity contribution >= 4 is 6.09 Å². The Kier molecular flexibility index (Phi) is 7.01. The second-order valence-electron chi connectivity index (χ2n) is 13.4. The van der Waals surface area contributed by atoms with Gasteiger partial charge in [0.05, 0.1) is 17.2 Å². The zero-order valence-electron chi connectivity index (χ0n) is 25.1. The smallest absolute Gasteiger partial charge is 0.408 e. The molecule has 0 bridgehead atoms. The number of alkyl carbamates (subject to hydrolysis) is 1. The molecule has 3 aliphatic rings. The summed E-state index contributed by atoms with van der Waals surface area (Å²) in [5.74, 6) is 1.48. The van der Waals surface area contributed by atoms with E-state index >= 15 is 0 Å². The molecule has 9 heteroatoms. The first-order valence-corrected chi connectivity index (χ1v) is 14.9. The minimum Gasteiger partial charge on any atom is -0.490 e. The van der Waals surface area contributed by atoms with E-state index in [0.29, 0.717) is 28.6 Å². The van der Waals surface area contributed by atoms with Crippen molar-refractivity contribution in [1.82, 2.24) is 20.4 Å². The van der Waals surface area contributed by atoms with Crippen molar-refractivity contribution in [3.63, 3.8) is 0 Å². The number of nitrogens with one attached hydrogen (secondary N) is 1. The molecule has 1 N–H and O–H groups in total. The van der Waals surface area contributed by atoms with Gasteiger partial charge in [-0.15, -0.1) is 0 Å². The lowest BCUT2D eigenvalue weighted by Gasteiger charge is -2.29. The second-order valence-corrected chi connectivity index (χ2v) is 13.4. The molecule has 3 aromatic rings. The van der Waals surface area contributed by atoms with Crippen LogP contribution in [-0.2, 0) is 16.6 Å². The number of aromatic nitrogens is 2. The number of carbonyl (C=O) groups is 1. The van der Waals surface area contributed by atoms with Crippen LogP contribution in [0.15, 0.2) is 40.9 Å². The van der Waals surface area contributed by atoms with Gasteiger partial charge in [0.15, 0.2) is 0 Å². The molecule has 1 atom stereocenters. The summed E-state index contributed by atoms with van der Waals surface area (Å²) < 4.78 is 17.0. The highest BCUT2D eigenvalue weighted by molar-refractivity contribution is 5.70. The van der Waals surface area contributed by atoms with Crippen LogP contribution in [0.2, 0.25) is 0 Å². The van der Waals surface area contributed by atoms with Gasteiger partial charge in [0.25, 0.3) is 5.89 Å². The number of hydrogen-bond acceptors (Lipinski definition) is 8. The maximum absolute atomic E-state index is 12.5. The van der Waals surface area contributed by atoms with E-state index in [1.165, 1.54) is 11.1 Å². The summed E-state index contributed by atoms with van der Waals surface area (Å²) in [7, 11) is 0. The first kappa shape index (κ1) is 28.2. The molecule has 1 unspecified atom stereocenters. The molecule has 2 aliphatic carbocycles. The Hall–Kier alpha value is -3.90. The van der Waals surface area contributed by atoms with Crippen LogP contribution < -0.4 is 10.1 Å². The summed E-state index contributed by atoms with van der Waals surface area (Å²) in [4.78, 5) is 19.7. The molecule has 1 amide bonds. The highest BCUT2D eigenvalue weighted by Crippen LogP contribution is 2.49. The Morgan fingerprint density at radius 3 is 2.71 bits per heavy atom. The van der Waals surface area contributed by atoms with E-state index in [2.05, 4.69) is 39.6 Å². The number of carbonyl (C=O) groups excluding carboxylic acids is 1. The van der Waals surface area contributed by atoms with Gasteiger partial charge >= 0.3 is 6.09 Å². The molecule has 42 heavy (non-hydrogen) atoms. The van der Waals surface area contributed by atoms with Gasteiger partial charge in [-0.1, -0.05) is 23.4 Å². The predicted molar refractivity (Wildman–Crippen MR) is 158 cm³/mol. The number of likely N-dealkylation sites (tertiary alicyclic amines) is 1. The lowest BCUT2D eigenvalue weighted by molar-refractivity contribution is 0.0484. The van der Waals surface area contributed by atoms with Crippen molar-refractivity contribution in [2.45, 2.75) is 89.4 Å². The zero-order chi connectivity index (χ0) is 29.7. The number of rotatable bonds is 7. The predicted octanol–water partition coefficient (Wildman–Crippen LogP) is 6.01. The molecule has 1 spiro atoms. The van der Waals surface area contributed by atoms with E-state index in [4.69, 9.17) is 19.0 Å². The summed E-state index contributed by atoms with van der Waals surface area (Å²) >= 11 is 0. The summed E-state index contributed by atoms with van der Waals surface area (Å²) in [5.41, 5.74) is 4.20. The molecule has 9 nitrogen and oxygen atoms in total. The Morgan fingerprint density at radius 1 is 1.19 bits per heavy atom. The van der Waals surface area contributed by atoms with E-state index in [1.807, 2.05) is 40.7 Å². The highest BCUT2D eigenvalue weighted by atomic mass is 16.6. The number of nitriles is 1. The third-order valence-corrected chi connectivity index (χ3v) is 8.56.